The van der Waals surface area contributed by atoms with E-state index in [0.29, 0.717) is 38.3 Å². The molecule has 1 saturated heterocycles. The molecule has 2 heterocycles. The first-order chi connectivity index (χ1) is 12.8. The average Bonchev–Trinajstić information content (AvgIpc) is 2.60. The summed E-state index contributed by atoms with van der Waals surface area (Å²) in [5.74, 6) is 0.0818. The number of hydrogen-bond donors (Lipinski definition) is 1. The van der Waals surface area contributed by atoms with E-state index in [-0.39, 0.29) is 17.9 Å². The van der Waals surface area contributed by atoms with E-state index < -0.39 is 0 Å². The highest BCUT2D eigenvalue weighted by molar-refractivity contribution is 6.06. The van der Waals surface area contributed by atoms with Gasteiger partial charge in [0.05, 0.1) is 17.6 Å². The molecule has 1 fully saturated rings. The lowest BCUT2D eigenvalue weighted by molar-refractivity contribution is -0.123. The van der Waals surface area contributed by atoms with Crippen LogP contribution < -0.4 is 5.32 Å². The summed E-state index contributed by atoms with van der Waals surface area (Å²) in [5.41, 5.74) is 3.53. The maximum atomic E-state index is 13.2. The van der Waals surface area contributed by atoms with Crippen LogP contribution in [0.4, 0.5) is 0 Å². The van der Waals surface area contributed by atoms with Gasteiger partial charge in [0.15, 0.2) is 0 Å². The number of pyridine rings is 1. The normalized spacial score (nSPS) is 15.4. The van der Waals surface area contributed by atoms with Gasteiger partial charge in [-0.25, -0.2) is 0 Å². The van der Waals surface area contributed by atoms with Crippen molar-refractivity contribution in [3.05, 3.63) is 41.1 Å². The quantitative estimate of drug-likeness (QED) is 0.898. The second-order valence-electron chi connectivity index (χ2n) is 7.62. The van der Waals surface area contributed by atoms with Crippen molar-refractivity contribution in [1.29, 1.82) is 0 Å². The molecule has 0 spiro atoms. The number of piperazine rings is 1. The van der Waals surface area contributed by atoms with Gasteiger partial charge in [0, 0.05) is 43.3 Å². The summed E-state index contributed by atoms with van der Waals surface area (Å²) in [5, 5.41) is 3.82. The Morgan fingerprint density at radius 3 is 2.48 bits per heavy atom. The van der Waals surface area contributed by atoms with Crippen LogP contribution in [0.3, 0.4) is 0 Å². The number of carbonyl (C=O) groups excluding carboxylic acids is 2. The average molecular weight is 368 g/mol. The monoisotopic (exact) mass is 368 g/mol. The van der Waals surface area contributed by atoms with Gasteiger partial charge in [0.2, 0.25) is 5.91 Å². The van der Waals surface area contributed by atoms with Crippen molar-refractivity contribution < 1.29 is 9.59 Å². The van der Waals surface area contributed by atoms with Gasteiger partial charge in [0.1, 0.15) is 0 Å². The summed E-state index contributed by atoms with van der Waals surface area (Å²) in [6.07, 6.45) is 0. The van der Waals surface area contributed by atoms with Crippen LogP contribution in [-0.4, -0.2) is 65.4 Å². The molecule has 3 rings (SSSR count). The SMILES string of the molecule is Cc1ccc2nc(C)cc(C(=O)N3CCN(CC(=O)NC(C)C)CC3)c2c1. The number of fused-ring (bicyclic) bond motifs is 1. The van der Waals surface area contributed by atoms with Gasteiger partial charge in [-0.2, -0.15) is 0 Å². The van der Waals surface area contributed by atoms with Crippen LogP contribution in [0.15, 0.2) is 24.3 Å². The van der Waals surface area contributed by atoms with Crippen molar-refractivity contribution >= 4 is 22.7 Å². The maximum Gasteiger partial charge on any atom is 0.254 e. The summed E-state index contributed by atoms with van der Waals surface area (Å²) in [6, 6.07) is 8.05. The molecule has 0 radical (unpaired) electrons. The van der Waals surface area contributed by atoms with Gasteiger partial charge in [-0.1, -0.05) is 11.6 Å². The lowest BCUT2D eigenvalue weighted by Crippen LogP contribution is -2.51. The Morgan fingerprint density at radius 2 is 1.81 bits per heavy atom. The van der Waals surface area contributed by atoms with E-state index in [1.807, 2.05) is 56.9 Å². The number of nitrogens with one attached hydrogen (secondary N) is 1. The lowest BCUT2D eigenvalue weighted by Gasteiger charge is -2.34. The van der Waals surface area contributed by atoms with Crippen molar-refractivity contribution in [3.8, 4) is 0 Å². The predicted octanol–water partition coefficient (Wildman–Crippen LogP) is 2.13. The molecule has 2 aromatic rings. The van der Waals surface area contributed by atoms with E-state index in [1.165, 1.54) is 0 Å². The third kappa shape index (κ3) is 4.63. The highest BCUT2D eigenvalue weighted by Crippen LogP contribution is 2.22. The fraction of sp³-hybridized carbons (Fsp3) is 0.476. The lowest BCUT2D eigenvalue weighted by atomic mass is 10.0. The van der Waals surface area contributed by atoms with Crippen molar-refractivity contribution in [2.45, 2.75) is 33.7 Å². The molecule has 6 heteroatoms. The second kappa shape index (κ2) is 8.05. The Kier molecular flexibility index (Phi) is 5.75. The van der Waals surface area contributed by atoms with Crippen molar-refractivity contribution in [1.82, 2.24) is 20.1 Å². The number of carbonyl (C=O) groups is 2. The van der Waals surface area contributed by atoms with Crippen LogP contribution in [-0.2, 0) is 4.79 Å². The van der Waals surface area contributed by atoms with Gasteiger partial charge in [-0.05, 0) is 45.9 Å². The van der Waals surface area contributed by atoms with Gasteiger partial charge < -0.3 is 10.2 Å². The molecule has 0 unspecified atom stereocenters. The molecular formula is C21H28N4O2. The number of benzene rings is 1. The molecule has 2 amide bonds. The summed E-state index contributed by atoms with van der Waals surface area (Å²) in [6.45, 7) is 10.9. The number of aromatic nitrogens is 1. The molecule has 6 nitrogen and oxygen atoms in total. The number of amides is 2. The molecule has 0 atom stereocenters. The first-order valence-electron chi connectivity index (χ1n) is 9.52. The minimum Gasteiger partial charge on any atom is -0.353 e. The van der Waals surface area contributed by atoms with Gasteiger partial charge in [-0.3, -0.25) is 19.5 Å². The van der Waals surface area contributed by atoms with Crippen molar-refractivity contribution in [2.75, 3.05) is 32.7 Å². The van der Waals surface area contributed by atoms with Crippen LogP contribution in [0.2, 0.25) is 0 Å². The minimum absolute atomic E-state index is 0.0380. The molecule has 27 heavy (non-hydrogen) atoms. The van der Waals surface area contributed by atoms with Crippen LogP contribution in [0.5, 0.6) is 0 Å². The van der Waals surface area contributed by atoms with E-state index in [2.05, 4.69) is 15.2 Å². The molecule has 1 aromatic heterocycles. The fourth-order valence-electron chi connectivity index (χ4n) is 3.50. The van der Waals surface area contributed by atoms with E-state index in [9.17, 15) is 9.59 Å². The minimum atomic E-state index is 0.0380. The highest BCUT2D eigenvalue weighted by Gasteiger charge is 2.25. The van der Waals surface area contributed by atoms with Gasteiger partial charge >= 0.3 is 0 Å². The number of aryl methyl sites for hydroxylation is 2. The van der Waals surface area contributed by atoms with Crippen molar-refractivity contribution in [2.24, 2.45) is 0 Å². The zero-order valence-corrected chi connectivity index (χ0v) is 16.6. The van der Waals surface area contributed by atoms with Crippen LogP contribution >= 0.6 is 0 Å². The largest absolute Gasteiger partial charge is 0.353 e. The highest BCUT2D eigenvalue weighted by atomic mass is 16.2. The number of hydrogen-bond acceptors (Lipinski definition) is 4. The summed E-state index contributed by atoms with van der Waals surface area (Å²) in [7, 11) is 0. The standard InChI is InChI=1S/C21H28N4O2/c1-14(2)22-20(26)13-24-7-9-25(10-8-24)21(27)18-12-16(4)23-19-6-5-15(3)11-17(18)19/h5-6,11-12,14H,7-10,13H2,1-4H3,(H,22,26). The second-order valence-corrected chi connectivity index (χ2v) is 7.62. The Bertz CT molecular complexity index is 855. The molecule has 1 aliphatic rings. The molecular weight excluding hydrogens is 340 g/mol. The molecule has 1 aromatic carbocycles. The van der Waals surface area contributed by atoms with Gasteiger partial charge in [0.25, 0.3) is 5.91 Å². The zero-order valence-electron chi connectivity index (χ0n) is 16.6. The topological polar surface area (TPSA) is 65.5 Å². The molecule has 1 N–H and O–H groups in total. The van der Waals surface area contributed by atoms with E-state index in [4.69, 9.17) is 0 Å². The van der Waals surface area contributed by atoms with Crippen molar-refractivity contribution in [3.63, 3.8) is 0 Å². The summed E-state index contributed by atoms with van der Waals surface area (Å²) < 4.78 is 0. The van der Waals surface area contributed by atoms with E-state index in [1.54, 1.807) is 0 Å². The third-order valence-electron chi connectivity index (χ3n) is 4.80. The van der Waals surface area contributed by atoms with E-state index in [0.717, 1.165) is 22.2 Å². The third-order valence-corrected chi connectivity index (χ3v) is 4.80. The van der Waals surface area contributed by atoms with Crippen LogP contribution in [0.1, 0.15) is 35.5 Å². The Hall–Kier alpha value is -2.47. The summed E-state index contributed by atoms with van der Waals surface area (Å²) in [4.78, 5) is 33.6. The molecule has 0 bridgehead atoms. The molecule has 144 valence electrons. The van der Waals surface area contributed by atoms with Gasteiger partial charge in [-0.15, -0.1) is 0 Å². The van der Waals surface area contributed by atoms with Crippen LogP contribution in [0.25, 0.3) is 10.9 Å². The van der Waals surface area contributed by atoms with E-state index >= 15 is 0 Å². The van der Waals surface area contributed by atoms with Crippen LogP contribution in [0, 0.1) is 13.8 Å². The number of rotatable bonds is 4. The molecule has 0 saturated carbocycles. The smallest absolute Gasteiger partial charge is 0.254 e. The summed E-state index contributed by atoms with van der Waals surface area (Å²) >= 11 is 0. The number of nitrogens with zero attached hydrogens (tertiary/aromatic N) is 3. The first kappa shape index (κ1) is 19.3. The molecule has 0 aliphatic carbocycles. The predicted molar refractivity (Wildman–Crippen MR) is 107 cm³/mol. The Balaban J connectivity index is 1.70. The Labute approximate surface area is 160 Å². The zero-order chi connectivity index (χ0) is 19.6. The molecule has 1 aliphatic heterocycles. The Morgan fingerprint density at radius 1 is 1.11 bits per heavy atom. The fourth-order valence-corrected chi connectivity index (χ4v) is 3.50. The first-order valence-corrected chi connectivity index (χ1v) is 9.52. The maximum absolute atomic E-state index is 13.2.